The molecule has 0 aromatic heterocycles. The third kappa shape index (κ3) is 22.3. The van der Waals surface area contributed by atoms with Crippen molar-refractivity contribution in [2.75, 3.05) is 88.9 Å². The van der Waals surface area contributed by atoms with Crippen molar-refractivity contribution in [1.82, 2.24) is 0 Å². The highest BCUT2D eigenvalue weighted by atomic mass is 31.2. The Labute approximate surface area is 587 Å². The first-order chi connectivity index (χ1) is 46.7. The van der Waals surface area contributed by atoms with Crippen molar-refractivity contribution < 1.29 is 171 Å². The predicted molar refractivity (Wildman–Crippen MR) is 353 cm³/mol. The molecule has 24 atom stereocenters. The lowest BCUT2D eigenvalue weighted by Crippen LogP contribution is -2.64. The van der Waals surface area contributed by atoms with Gasteiger partial charge < -0.3 is 144 Å². The Morgan fingerprint density at radius 3 is 1.31 bits per heavy atom. The van der Waals surface area contributed by atoms with Gasteiger partial charge in [-0.05, 0) is 63.6 Å². The standard InChI is InChI=1S/3C10H17O6P.2C9H14BO6P.C9H15O6P/c1-7-8-9(14-2)10(16-7,3-5-15-8)4-6-17(11,12)13;1-7-9-8(14-2)5-10(16-7,6-15-9)3-4-17(11,12)13;1-7-5-16-10(3-4-17(11,12)13)6-15-8(7)9(10)14-2;1-14-8-6-4-7(10)16-9(8,5-15-6)2-3-17(11,12)13;1-14-7-4-6-8(10)16-9(7,5-15-6)2-3-17(11,12)13;1-6-7-8(13-2)9(15-6,5-14-7)3-4-16(10,11)12/h4,6-9H,3,5H2,1-2H3,(H2,11,12,13);2*3-4,7-9H,5-6H2,1-2H3,(H2,11,12,13);2*2-3,6-8H,4-5H2,1H3,(H2,11,12,13);3-4,6-8H,5H2,1-2H3,(H2,10,11,12)/b6-4+;2*4-3+;2*3-2+;4-3+/t7-,8?,9+,10+;7?,8-,9+,10-;;;6-,7+,8?,9+;6-,7?,8+,9-/m01..10/s1. The second-order valence-corrected chi connectivity index (χ2v) is 35.0. The van der Waals surface area contributed by atoms with E-state index in [0.29, 0.717) is 45.5 Å². The molecular weight excluding hydrogens is 1470 g/mol. The first kappa shape index (κ1) is 87.0. The molecular formula is C57H94B2O36P6. The summed E-state index contributed by atoms with van der Waals surface area (Å²) in [6, 6.07) is -1.12. The molecule has 14 aliphatic heterocycles. The molecule has 14 rings (SSSR count). The van der Waals surface area contributed by atoms with Gasteiger partial charge in [0.05, 0.1) is 95.1 Å². The number of hydrogen-bond donors (Lipinski definition) is 12. The van der Waals surface area contributed by atoms with Crippen LogP contribution in [-0.2, 0) is 113 Å². The van der Waals surface area contributed by atoms with Gasteiger partial charge in [0.2, 0.25) is 0 Å². The lowest BCUT2D eigenvalue weighted by molar-refractivity contribution is -0.284. The van der Waals surface area contributed by atoms with Gasteiger partial charge in [-0.15, -0.1) is 0 Å². The molecule has 12 bridgehead atoms. The molecule has 0 aromatic rings. The number of hydrogen-bond acceptors (Lipinski definition) is 24. The molecule has 101 heavy (non-hydrogen) atoms. The third-order valence-electron chi connectivity index (χ3n) is 18.7. The van der Waals surface area contributed by atoms with Crippen LogP contribution in [0.1, 0.15) is 53.4 Å². The summed E-state index contributed by atoms with van der Waals surface area (Å²) >= 11 is 0. The van der Waals surface area contributed by atoms with E-state index in [9.17, 15) is 27.4 Å². The molecule has 4 radical (unpaired) electrons. The second kappa shape index (κ2) is 34.3. The van der Waals surface area contributed by atoms with Gasteiger partial charge in [-0.1, -0.05) is 6.92 Å². The number of fused-ring (bicyclic) bond motifs is 14. The maximum absolute atomic E-state index is 10.9. The van der Waals surface area contributed by atoms with Gasteiger partial charge in [0.1, 0.15) is 92.0 Å². The Morgan fingerprint density at radius 1 is 0.396 bits per heavy atom. The Morgan fingerprint density at radius 2 is 0.802 bits per heavy atom. The molecule has 14 heterocycles. The molecule has 574 valence electrons. The molecule has 0 aliphatic carbocycles. The molecule has 44 heteroatoms. The van der Waals surface area contributed by atoms with E-state index in [-0.39, 0.29) is 118 Å². The lowest BCUT2D eigenvalue weighted by atomic mass is 9.78. The van der Waals surface area contributed by atoms with Gasteiger partial charge >= 0.3 is 45.6 Å². The average molecular weight is 1560 g/mol. The first-order valence-electron chi connectivity index (χ1n) is 31.7. The van der Waals surface area contributed by atoms with Gasteiger partial charge in [0.25, 0.3) is 0 Å². The van der Waals surface area contributed by atoms with Crippen LogP contribution in [0.2, 0.25) is 0 Å². The van der Waals surface area contributed by atoms with Crippen LogP contribution in [0.3, 0.4) is 0 Å². The van der Waals surface area contributed by atoms with Gasteiger partial charge in [-0.3, -0.25) is 27.4 Å². The van der Waals surface area contributed by atoms with E-state index in [4.69, 9.17) is 160 Å². The molecule has 0 spiro atoms. The smallest absolute Gasteiger partial charge is 0.348 e. The summed E-state index contributed by atoms with van der Waals surface area (Å²) in [5.74, 6) is 5.30. The van der Waals surface area contributed by atoms with Crippen LogP contribution in [0, 0.1) is 5.92 Å². The van der Waals surface area contributed by atoms with Crippen molar-refractivity contribution in [1.29, 1.82) is 0 Å². The quantitative estimate of drug-likeness (QED) is 0.0683. The van der Waals surface area contributed by atoms with Crippen molar-refractivity contribution in [3.05, 3.63) is 71.4 Å². The van der Waals surface area contributed by atoms with Crippen molar-refractivity contribution in [2.45, 2.75) is 191 Å². The fraction of sp³-hybridized carbons (Fsp3) is 0.789. The van der Waals surface area contributed by atoms with E-state index in [1.54, 1.807) is 21.3 Å². The summed E-state index contributed by atoms with van der Waals surface area (Å²) in [6.45, 7) is 9.77. The van der Waals surface area contributed by atoms with Crippen LogP contribution in [-0.4, -0.2) is 300 Å². The summed E-state index contributed by atoms with van der Waals surface area (Å²) in [6.07, 6.45) is 7.12. The highest BCUT2D eigenvalue weighted by Crippen LogP contribution is 2.51. The van der Waals surface area contributed by atoms with Crippen LogP contribution in [0.25, 0.3) is 0 Å². The highest BCUT2D eigenvalue weighted by molar-refractivity contribution is 7.56. The monoisotopic (exact) mass is 1560 g/mol. The Bertz CT molecular complexity index is 3170. The Kier molecular flexibility index (Phi) is 29.6. The van der Waals surface area contributed by atoms with E-state index >= 15 is 0 Å². The maximum atomic E-state index is 10.9. The van der Waals surface area contributed by atoms with E-state index in [1.165, 1.54) is 57.8 Å². The molecule has 0 saturated carbocycles. The summed E-state index contributed by atoms with van der Waals surface area (Å²) in [5.41, 5.74) is -5.30. The van der Waals surface area contributed by atoms with Gasteiger partial charge in [-0.25, -0.2) is 0 Å². The summed E-state index contributed by atoms with van der Waals surface area (Å²) < 4.78 is 164. The zero-order valence-electron chi connectivity index (χ0n) is 57.1. The predicted octanol–water partition coefficient (Wildman–Crippen LogP) is 1.51. The minimum atomic E-state index is -4.24. The topological polar surface area (TPSA) is 511 Å². The maximum Gasteiger partial charge on any atom is 0.348 e. The summed E-state index contributed by atoms with van der Waals surface area (Å²) in [4.78, 5) is 106. The molecule has 14 aliphatic rings. The zero-order valence-corrected chi connectivity index (χ0v) is 62.5. The molecule has 0 amide bonds. The number of rotatable bonds is 18. The van der Waals surface area contributed by atoms with Crippen molar-refractivity contribution >= 4 is 61.3 Å². The zero-order chi connectivity index (χ0) is 75.4. The number of ether oxygens (including phenoxy) is 18. The van der Waals surface area contributed by atoms with Crippen LogP contribution < -0.4 is 0 Å². The highest BCUT2D eigenvalue weighted by Gasteiger charge is 2.61. The normalized spacial score (nSPS) is 42.4. The fourth-order valence-corrected chi connectivity index (χ4v) is 16.9. The van der Waals surface area contributed by atoms with E-state index < -0.39 is 97.3 Å². The van der Waals surface area contributed by atoms with Gasteiger partial charge in [0.15, 0.2) is 0 Å². The van der Waals surface area contributed by atoms with Crippen LogP contribution in [0.4, 0.5) is 0 Å². The molecule has 36 nitrogen and oxygen atoms in total. The number of methoxy groups -OCH3 is 6. The third-order valence-corrected chi connectivity index (χ3v) is 21.9. The van der Waals surface area contributed by atoms with Crippen LogP contribution in [0.5, 0.6) is 0 Å². The average Bonchev–Trinajstić information content (AvgIpc) is 1.71. The van der Waals surface area contributed by atoms with E-state index in [1.807, 2.05) is 27.7 Å². The SMILES string of the molecule is COC1C2OCC1(/C=C/P(=O)(O)O)OCC2C.CO[C@@H]1C2OCC[C@]1(/C=C/P(=O)(O)O)O[C@H]2C.CO[C@@H]1C2OC[C@]1(/C=C/P(=O)(O)O)O[C@H]2C.CO[C@@H]1C[C@]2(/C=C/P(=O)(O)O)CO[C@H]1C(C)O2.[B]C1CC2OCC(/C=C/P(=O)(O)O)(O1)C2OC.[B]C1O[C@@]2(/C=C/P(=O)(O)O)CO[C@@H]1C[C@@H]2OC. The van der Waals surface area contributed by atoms with Gasteiger partial charge in [-0.2, -0.15) is 0 Å². The van der Waals surface area contributed by atoms with Crippen LogP contribution >= 0.6 is 45.6 Å². The largest absolute Gasteiger partial charge is 0.379 e. The van der Waals surface area contributed by atoms with Crippen molar-refractivity contribution in [3.8, 4) is 0 Å². The first-order valence-corrected chi connectivity index (χ1v) is 41.7. The summed E-state index contributed by atoms with van der Waals surface area (Å²) in [5, 5.41) is 0. The van der Waals surface area contributed by atoms with Gasteiger partial charge in [0, 0.05) is 115 Å². The minimum Gasteiger partial charge on any atom is -0.379 e. The van der Waals surface area contributed by atoms with Crippen molar-refractivity contribution in [2.24, 2.45) is 5.92 Å². The molecule has 12 unspecified atom stereocenters. The summed E-state index contributed by atoms with van der Waals surface area (Å²) in [7, 11) is -4.51. The fourth-order valence-electron chi connectivity index (χ4n) is 14.2. The van der Waals surface area contributed by atoms with Crippen molar-refractivity contribution in [3.63, 3.8) is 0 Å². The molecule has 14 fully saturated rings. The Balaban J connectivity index is 0.000000170. The van der Waals surface area contributed by atoms with Crippen LogP contribution in [0.15, 0.2) is 71.4 Å². The van der Waals surface area contributed by atoms with E-state index in [0.717, 1.165) is 34.9 Å². The molecule has 14 saturated heterocycles. The lowest BCUT2D eigenvalue weighted by Gasteiger charge is -2.52. The molecule has 0 aromatic carbocycles. The molecule has 12 N–H and O–H groups in total. The van der Waals surface area contributed by atoms with E-state index in [2.05, 4.69) is 0 Å². The second-order valence-electron chi connectivity index (χ2n) is 26.2. The Hall–Kier alpha value is -1.25. The minimum absolute atomic E-state index is 0.0878.